The Labute approximate surface area is 120 Å². The smallest absolute Gasteiger partial charge is 0.225 e. The fourth-order valence-electron chi connectivity index (χ4n) is 2.82. The van der Waals surface area contributed by atoms with Gasteiger partial charge >= 0.3 is 0 Å². The minimum Gasteiger partial charge on any atom is -0.376 e. The van der Waals surface area contributed by atoms with Gasteiger partial charge in [0.25, 0.3) is 0 Å². The van der Waals surface area contributed by atoms with Gasteiger partial charge in [0.1, 0.15) is 0 Å². The number of nitrogens with zero attached hydrogens (tertiary/aromatic N) is 1. The first kappa shape index (κ1) is 13.6. The Balaban J connectivity index is 1.32. The number of likely N-dealkylation sites (tertiary alicyclic amines) is 1. The summed E-state index contributed by atoms with van der Waals surface area (Å²) in [5, 5.41) is 0. The van der Waals surface area contributed by atoms with Crippen LogP contribution in [0.25, 0.3) is 0 Å². The fraction of sp³-hybridized carbons (Fsp3) is 0.588. The van der Waals surface area contributed by atoms with Gasteiger partial charge in [0, 0.05) is 25.6 Å². The van der Waals surface area contributed by atoms with Crippen LogP contribution in [0.5, 0.6) is 0 Å². The Morgan fingerprint density at radius 3 is 2.75 bits per heavy atom. The molecule has 20 heavy (non-hydrogen) atoms. The predicted octanol–water partition coefficient (Wildman–Crippen LogP) is 2.65. The van der Waals surface area contributed by atoms with Crippen LogP contribution in [0.15, 0.2) is 30.3 Å². The quantitative estimate of drug-likeness (QED) is 0.746. The Hall–Kier alpha value is -1.35. The van der Waals surface area contributed by atoms with E-state index in [0.29, 0.717) is 11.8 Å². The van der Waals surface area contributed by atoms with E-state index in [2.05, 4.69) is 24.3 Å². The molecule has 1 saturated carbocycles. The van der Waals surface area contributed by atoms with Gasteiger partial charge in [-0.25, -0.2) is 0 Å². The molecule has 1 heterocycles. The maximum atomic E-state index is 11.9. The lowest BCUT2D eigenvalue weighted by molar-refractivity contribution is -0.132. The van der Waals surface area contributed by atoms with Gasteiger partial charge in [-0.2, -0.15) is 0 Å². The van der Waals surface area contributed by atoms with E-state index in [4.69, 9.17) is 4.74 Å². The molecule has 1 saturated heterocycles. The van der Waals surface area contributed by atoms with Gasteiger partial charge in [-0.3, -0.25) is 4.79 Å². The molecule has 1 aromatic rings. The van der Waals surface area contributed by atoms with Gasteiger partial charge in [-0.15, -0.1) is 0 Å². The highest BCUT2D eigenvalue weighted by atomic mass is 16.5. The first-order chi connectivity index (χ1) is 9.83. The van der Waals surface area contributed by atoms with Crippen LogP contribution in [-0.4, -0.2) is 36.6 Å². The summed E-state index contributed by atoms with van der Waals surface area (Å²) in [7, 11) is 0. The van der Waals surface area contributed by atoms with Crippen molar-refractivity contribution in [1.29, 1.82) is 0 Å². The second kappa shape index (κ2) is 6.40. The molecular weight excluding hydrogens is 250 g/mol. The lowest BCUT2D eigenvalue weighted by atomic mass is 10.1. The third-order valence-corrected chi connectivity index (χ3v) is 4.19. The topological polar surface area (TPSA) is 29.5 Å². The van der Waals surface area contributed by atoms with Crippen LogP contribution >= 0.6 is 0 Å². The van der Waals surface area contributed by atoms with E-state index < -0.39 is 0 Å². The zero-order valence-corrected chi connectivity index (χ0v) is 12.0. The third-order valence-electron chi connectivity index (χ3n) is 4.19. The molecule has 2 fully saturated rings. The van der Waals surface area contributed by atoms with Gasteiger partial charge < -0.3 is 9.64 Å². The number of rotatable bonds is 6. The highest BCUT2D eigenvalue weighted by Crippen LogP contribution is 2.32. The molecule has 0 radical (unpaired) electrons. The van der Waals surface area contributed by atoms with E-state index >= 15 is 0 Å². The van der Waals surface area contributed by atoms with Crippen LogP contribution in [0.1, 0.15) is 31.2 Å². The van der Waals surface area contributed by atoms with Crippen molar-refractivity contribution >= 4 is 5.91 Å². The zero-order valence-electron chi connectivity index (χ0n) is 12.0. The summed E-state index contributed by atoms with van der Waals surface area (Å²) >= 11 is 0. The standard InChI is InChI=1S/C17H23NO2/c19-17(15-8-9-15)18-11-10-16(13-18)20-12-4-7-14-5-2-1-3-6-14/h1-3,5-6,15-16H,4,7-13H2/t16-/m0/s1. The molecule has 3 heteroatoms. The normalized spacial score (nSPS) is 22.2. The lowest BCUT2D eigenvalue weighted by Gasteiger charge is -2.16. The van der Waals surface area contributed by atoms with Crippen molar-refractivity contribution in [2.45, 2.75) is 38.2 Å². The Morgan fingerprint density at radius 2 is 2.00 bits per heavy atom. The van der Waals surface area contributed by atoms with Crippen LogP contribution in [0.4, 0.5) is 0 Å². The van der Waals surface area contributed by atoms with E-state index in [9.17, 15) is 4.79 Å². The van der Waals surface area contributed by atoms with Crippen molar-refractivity contribution in [3.05, 3.63) is 35.9 Å². The third kappa shape index (κ3) is 3.60. The van der Waals surface area contributed by atoms with Crippen molar-refractivity contribution in [2.75, 3.05) is 19.7 Å². The maximum Gasteiger partial charge on any atom is 0.225 e. The summed E-state index contributed by atoms with van der Waals surface area (Å²) < 4.78 is 5.91. The molecule has 0 unspecified atom stereocenters. The average Bonchev–Trinajstić information content (AvgIpc) is 3.23. The van der Waals surface area contributed by atoms with Gasteiger partial charge in [-0.1, -0.05) is 30.3 Å². The Bertz CT molecular complexity index is 442. The van der Waals surface area contributed by atoms with Crippen molar-refractivity contribution in [3.8, 4) is 0 Å². The molecule has 108 valence electrons. The molecule has 1 amide bonds. The van der Waals surface area contributed by atoms with Crippen molar-refractivity contribution in [2.24, 2.45) is 5.92 Å². The molecule has 2 aliphatic rings. The zero-order chi connectivity index (χ0) is 13.8. The largest absolute Gasteiger partial charge is 0.376 e. The van der Waals surface area contributed by atoms with E-state index in [1.807, 2.05) is 11.0 Å². The van der Waals surface area contributed by atoms with Crippen LogP contribution < -0.4 is 0 Å². The molecule has 0 N–H and O–H groups in total. The fourth-order valence-corrected chi connectivity index (χ4v) is 2.82. The van der Waals surface area contributed by atoms with Gasteiger partial charge in [0.05, 0.1) is 6.10 Å². The Kier molecular flexibility index (Phi) is 4.36. The van der Waals surface area contributed by atoms with Crippen LogP contribution in [0, 0.1) is 5.92 Å². The minimum absolute atomic E-state index is 0.258. The number of hydrogen-bond acceptors (Lipinski definition) is 2. The highest BCUT2D eigenvalue weighted by Gasteiger charge is 2.36. The first-order valence-electron chi connectivity index (χ1n) is 7.77. The van der Waals surface area contributed by atoms with E-state index in [0.717, 1.165) is 51.8 Å². The predicted molar refractivity (Wildman–Crippen MR) is 78.4 cm³/mol. The van der Waals surface area contributed by atoms with E-state index in [1.54, 1.807) is 0 Å². The monoisotopic (exact) mass is 273 g/mol. The molecule has 0 aromatic heterocycles. The lowest BCUT2D eigenvalue weighted by Crippen LogP contribution is -2.31. The second-order valence-electron chi connectivity index (χ2n) is 5.93. The van der Waals surface area contributed by atoms with Gasteiger partial charge in [0.2, 0.25) is 5.91 Å². The molecule has 1 aliphatic carbocycles. The molecule has 1 aromatic carbocycles. The molecule has 3 rings (SSSR count). The molecule has 0 bridgehead atoms. The van der Waals surface area contributed by atoms with Gasteiger partial charge in [-0.05, 0) is 37.7 Å². The number of amides is 1. The van der Waals surface area contributed by atoms with Crippen LogP contribution in [-0.2, 0) is 16.0 Å². The summed E-state index contributed by atoms with van der Waals surface area (Å²) in [6.07, 6.45) is 5.57. The van der Waals surface area contributed by atoms with Crippen LogP contribution in [0.3, 0.4) is 0 Å². The number of carbonyl (C=O) groups excluding carboxylic acids is 1. The van der Waals surface area contributed by atoms with Gasteiger partial charge in [0.15, 0.2) is 0 Å². The van der Waals surface area contributed by atoms with Crippen LogP contribution in [0.2, 0.25) is 0 Å². The minimum atomic E-state index is 0.258. The number of aryl methyl sites for hydroxylation is 1. The maximum absolute atomic E-state index is 11.9. The number of ether oxygens (including phenoxy) is 1. The van der Waals surface area contributed by atoms with Crippen molar-refractivity contribution < 1.29 is 9.53 Å². The number of hydrogen-bond donors (Lipinski definition) is 0. The average molecular weight is 273 g/mol. The van der Waals surface area contributed by atoms with E-state index in [-0.39, 0.29) is 6.10 Å². The molecule has 1 atom stereocenters. The molecule has 3 nitrogen and oxygen atoms in total. The summed E-state index contributed by atoms with van der Waals surface area (Å²) in [5.41, 5.74) is 1.37. The number of benzene rings is 1. The summed E-state index contributed by atoms with van der Waals surface area (Å²) in [5.74, 6) is 0.701. The second-order valence-corrected chi connectivity index (χ2v) is 5.93. The van der Waals surface area contributed by atoms with Crippen molar-refractivity contribution in [1.82, 2.24) is 4.90 Å². The van der Waals surface area contributed by atoms with E-state index in [1.165, 1.54) is 5.56 Å². The molecular formula is C17H23NO2. The summed E-state index contributed by atoms with van der Waals surface area (Å²) in [6.45, 7) is 2.49. The summed E-state index contributed by atoms with van der Waals surface area (Å²) in [4.78, 5) is 13.9. The first-order valence-corrected chi connectivity index (χ1v) is 7.77. The number of carbonyl (C=O) groups is 1. The molecule has 1 aliphatic heterocycles. The molecule has 0 spiro atoms. The Morgan fingerprint density at radius 1 is 1.20 bits per heavy atom. The van der Waals surface area contributed by atoms with Crippen molar-refractivity contribution in [3.63, 3.8) is 0 Å². The highest BCUT2D eigenvalue weighted by molar-refractivity contribution is 5.81. The SMILES string of the molecule is O=C(C1CC1)N1CC[C@H](OCCCc2ccccc2)C1. The summed E-state index contributed by atoms with van der Waals surface area (Å²) in [6, 6.07) is 10.5.